The Morgan fingerprint density at radius 3 is 2.96 bits per heavy atom. The number of aromatic hydroxyl groups is 1. The Bertz CT molecular complexity index is 739. The van der Waals surface area contributed by atoms with Crippen LogP contribution in [0.4, 0.5) is 5.69 Å². The summed E-state index contributed by atoms with van der Waals surface area (Å²) in [5.74, 6) is -1.09. The summed E-state index contributed by atoms with van der Waals surface area (Å²) in [5, 5.41) is 24.4. The highest BCUT2D eigenvalue weighted by Gasteiger charge is 2.19. The average molecular weight is 319 g/mol. The Kier molecular flexibility index (Phi) is 4.92. The number of phenolic OH excluding ortho intramolecular Hbond substituents is 1. The first-order valence-corrected chi connectivity index (χ1v) is 6.54. The third-order valence-corrected chi connectivity index (χ3v) is 2.70. The van der Waals surface area contributed by atoms with E-state index in [9.17, 15) is 20.0 Å². The molecule has 0 fully saturated rings. The zero-order chi connectivity index (χ0) is 16.8. The Balaban J connectivity index is 2.20. The molecule has 9 nitrogen and oxygen atoms in total. The highest BCUT2D eigenvalue weighted by Crippen LogP contribution is 2.36. The normalized spacial score (nSPS) is 10.7. The number of nitro groups is 1. The van der Waals surface area contributed by atoms with Gasteiger partial charge in [0.25, 0.3) is 0 Å². The number of carbonyl (C=O) groups excluding carboxylic acids is 1. The van der Waals surface area contributed by atoms with Gasteiger partial charge < -0.3 is 14.3 Å². The quantitative estimate of drug-likeness (QED) is 0.476. The number of amides is 1. The number of rotatable bonds is 6. The first-order valence-electron chi connectivity index (χ1n) is 6.54. The van der Waals surface area contributed by atoms with Crippen LogP contribution in [-0.4, -0.2) is 28.8 Å². The molecule has 0 atom stereocenters. The van der Waals surface area contributed by atoms with Gasteiger partial charge in [-0.15, -0.1) is 0 Å². The second-order valence-corrected chi connectivity index (χ2v) is 4.25. The number of furan rings is 1. The van der Waals surface area contributed by atoms with E-state index < -0.39 is 22.3 Å². The van der Waals surface area contributed by atoms with Crippen molar-refractivity contribution in [2.45, 2.75) is 6.92 Å². The first-order chi connectivity index (χ1) is 11.0. The molecule has 1 aromatic carbocycles. The largest absolute Gasteiger partial charge is 0.500 e. The van der Waals surface area contributed by atoms with Gasteiger partial charge in [-0.2, -0.15) is 5.10 Å². The van der Waals surface area contributed by atoms with Crippen LogP contribution in [0.2, 0.25) is 0 Å². The maximum atomic E-state index is 11.6. The number of carbonyl (C=O) groups is 1. The van der Waals surface area contributed by atoms with Crippen molar-refractivity contribution in [3.05, 3.63) is 52.0 Å². The fourth-order valence-corrected chi connectivity index (χ4v) is 1.72. The van der Waals surface area contributed by atoms with Gasteiger partial charge in [0.1, 0.15) is 0 Å². The van der Waals surface area contributed by atoms with Gasteiger partial charge in [0.05, 0.1) is 24.0 Å². The fourth-order valence-electron chi connectivity index (χ4n) is 1.72. The van der Waals surface area contributed by atoms with Crippen molar-refractivity contribution in [3.8, 4) is 11.5 Å². The predicted octanol–water partition coefficient (Wildman–Crippen LogP) is 2.06. The minimum Gasteiger partial charge on any atom is -0.500 e. The van der Waals surface area contributed by atoms with E-state index in [-0.39, 0.29) is 23.7 Å². The second-order valence-electron chi connectivity index (χ2n) is 4.25. The zero-order valence-corrected chi connectivity index (χ0v) is 12.1. The van der Waals surface area contributed by atoms with Crippen LogP contribution >= 0.6 is 0 Å². The molecule has 1 amide bonds. The summed E-state index contributed by atoms with van der Waals surface area (Å²) in [4.78, 5) is 21.8. The number of hydrogen-bond donors (Lipinski definition) is 2. The molecule has 0 aliphatic carbocycles. The molecule has 0 radical (unpaired) electrons. The highest BCUT2D eigenvalue weighted by atomic mass is 16.6. The van der Waals surface area contributed by atoms with Gasteiger partial charge >= 0.3 is 11.6 Å². The summed E-state index contributed by atoms with van der Waals surface area (Å²) in [5.41, 5.74) is 1.97. The predicted molar refractivity (Wildman–Crippen MR) is 79.7 cm³/mol. The van der Waals surface area contributed by atoms with E-state index in [1.54, 1.807) is 13.0 Å². The van der Waals surface area contributed by atoms with E-state index in [4.69, 9.17) is 9.15 Å². The molecule has 2 N–H and O–H groups in total. The maximum Gasteiger partial charge on any atom is 0.315 e. The van der Waals surface area contributed by atoms with Gasteiger partial charge in [0.15, 0.2) is 11.5 Å². The molecule has 0 aliphatic heterocycles. The second kappa shape index (κ2) is 7.07. The molecule has 2 aromatic rings. The SMILES string of the molecule is CCOc1cc(/C=N\NC(=O)c2ccco2)cc([N+](=O)[O-])c1O. The summed E-state index contributed by atoms with van der Waals surface area (Å²) >= 11 is 0. The molecule has 2 rings (SSSR count). The van der Waals surface area contributed by atoms with Gasteiger partial charge in [-0.1, -0.05) is 0 Å². The molecule has 120 valence electrons. The van der Waals surface area contributed by atoms with Crippen molar-refractivity contribution in [1.29, 1.82) is 0 Å². The zero-order valence-electron chi connectivity index (χ0n) is 12.1. The van der Waals surface area contributed by atoms with Crippen molar-refractivity contribution in [2.75, 3.05) is 6.61 Å². The molecule has 0 spiro atoms. The van der Waals surface area contributed by atoms with Crippen LogP contribution in [0.3, 0.4) is 0 Å². The Hall–Kier alpha value is -3.36. The molecule has 23 heavy (non-hydrogen) atoms. The number of nitrogens with zero attached hydrogens (tertiary/aromatic N) is 2. The lowest BCUT2D eigenvalue weighted by atomic mass is 10.2. The van der Waals surface area contributed by atoms with E-state index in [1.807, 2.05) is 0 Å². The molecule has 0 bridgehead atoms. The lowest BCUT2D eigenvalue weighted by molar-refractivity contribution is -0.386. The standard InChI is InChI=1S/C14H13N3O6/c1-2-22-12-7-9(6-10(13(12)18)17(20)21)8-15-16-14(19)11-4-3-5-23-11/h3-8,18H,2H2,1H3,(H,16,19)/b15-8-. The third kappa shape index (κ3) is 3.84. The summed E-state index contributed by atoms with van der Waals surface area (Å²) in [6, 6.07) is 5.49. The molecule has 0 unspecified atom stereocenters. The molecular weight excluding hydrogens is 306 g/mol. The molecule has 1 aromatic heterocycles. The maximum absolute atomic E-state index is 11.6. The van der Waals surface area contributed by atoms with Crippen molar-refractivity contribution in [2.24, 2.45) is 5.10 Å². The van der Waals surface area contributed by atoms with Gasteiger partial charge in [0.2, 0.25) is 5.75 Å². The van der Waals surface area contributed by atoms with Gasteiger partial charge in [-0.05, 0) is 25.1 Å². The van der Waals surface area contributed by atoms with Gasteiger partial charge in [0, 0.05) is 11.6 Å². The molecule has 9 heteroatoms. The van der Waals surface area contributed by atoms with Crippen molar-refractivity contribution in [1.82, 2.24) is 5.43 Å². The van der Waals surface area contributed by atoms with E-state index in [1.165, 1.54) is 24.6 Å². The molecular formula is C14H13N3O6. The van der Waals surface area contributed by atoms with E-state index in [0.717, 1.165) is 6.07 Å². The number of nitro benzene ring substituents is 1. The number of nitrogens with one attached hydrogen (secondary N) is 1. The van der Waals surface area contributed by atoms with Crippen LogP contribution in [0, 0.1) is 10.1 Å². The first kappa shape index (κ1) is 16.0. The summed E-state index contributed by atoms with van der Waals surface area (Å²) in [6.45, 7) is 1.90. The summed E-state index contributed by atoms with van der Waals surface area (Å²) in [7, 11) is 0. The lowest BCUT2D eigenvalue weighted by Gasteiger charge is -2.07. The molecule has 1 heterocycles. The van der Waals surface area contributed by atoms with E-state index in [2.05, 4.69) is 10.5 Å². The smallest absolute Gasteiger partial charge is 0.315 e. The summed E-state index contributed by atoms with van der Waals surface area (Å²) in [6.07, 6.45) is 2.53. The van der Waals surface area contributed by atoms with Crippen LogP contribution in [-0.2, 0) is 0 Å². The Morgan fingerprint density at radius 2 is 2.35 bits per heavy atom. The number of ether oxygens (including phenoxy) is 1. The van der Waals surface area contributed by atoms with Gasteiger partial charge in [-0.25, -0.2) is 5.43 Å². The highest BCUT2D eigenvalue weighted by molar-refractivity contribution is 5.92. The number of hydrogen-bond acceptors (Lipinski definition) is 7. The van der Waals surface area contributed by atoms with E-state index in [0.29, 0.717) is 0 Å². The Labute approximate surface area is 130 Å². The topological polar surface area (TPSA) is 127 Å². The van der Waals surface area contributed by atoms with Crippen molar-refractivity contribution in [3.63, 3.8) is 0 Å². The monoisotopic (exact) mass is 319 g/mol. The van der Waals surface area contributed by atoms with Crippen LogP contribution < -0.4 is 10.2 Å². The summed E-state index contributed by atoms with van der Waals surface area (Å²) < 4.78 is 10.0. The minimum atomic E-state index is -0.739. The molecule has 0 saturated heterocycles. The number of phenols is 1. The van der Waals surface area contributed by atoms with E-state index >= 15 is 0 Å². The molecule has 0 saturated carbocycles. The Morgan fingerprint density at radius 1 is 1.57 bits per heavy atom. The van der Waals surface area contributed by atoms with Crippen LogP contribution in [0.15, 0.2) is 40.0 Å². The number of hydrazone groups is 1. The van der Waals surface area contributed by atoms with Crippen molar-refractivity contribution < 1.29 is 24.0 Å². The van der Waals surface area contributed by atoms with Gasteiger partial charge in [-0.3, -0.25) is 14.9 Å². The third-order valence-electron chi connectivity index (χ3n) is 2.70. The number of benzene rings is 1. The van der Waals surface area contributed by atoms with Crippen LogP contribution in [0.1, 0.15) is 23.0 Å². The van der Waals surface area contributed by atoms with Crippen LogP contribution in [0.5, 0.6) is 11.5 Å². The fraction of sp³-hybridized carbons (Fsp3) is 0.143. The molecule has 0 aliphatic rings. The average Bonchev–Trinajstić information content (AvgIpc) is 3.04. The van der Waals surface area contributed by atoms with Crippen molar-refractivity contribution >= 4 is 17.8 Å². The lowest BCUT2D eigenvalue weighted by Crippen LogP contribution is -2.16. The minimum absolute atomic E-state index is 0.0412. The van der Waals surface area contributed by atoms with Crippen LogP contribution in [0.25, 0.3) is 0 Å².